The molecule has 1 fully saturated rings. The van der Waals surface area contributed by atoms with E-state index in [-0.39, 0.29) is 5.82 Å². The first-order valence-electron chi connectivity index (χ1n) is 7.15. The molecule has 1 saturated heterocycles. The first-order valence-corrected chi connectivity index (χ1v) is 7.15. The highest BCUT2D eigenvalue weighted by Crippen LogP contribution is 2.26. The van der Waals surface area contributed by atoms with Gasteiger partial charge in [0.25, 0.3) is 0 Å². The second kappa shape index (κ2) is 6.75. The zero-order valence-electron chi connectivity index (χ0n) is 11.8. The number of nitrogens with one attached hydrogen (secondary N) is 1. The van der Waals surface area contributed by atoms with Crippen LogP contribution in [0.1, 0.15) is 26.7 Å². The molecule has 0 amide bonds. The zero-order valence-corrected chi connectivity index (χ0v) is 11.8. The van der Waals surface area contributed by atoms with Crippen LogP contribution in [0.25, 0.3) is 0 Å². The lowest BCUT2D eigenvalue weighted by molar-refractivity contribution is 0.321. The molecule has 0 aromatic heterocycles. The predicted molar refractivity (Wildman–Crippen MR) is 76.5 cm³/mol. The summed E-state index contributed by atoms with van der Waals surface area (Å²) < 4.78 is 19.0. The van der Waals surface area contributed by atoms with E-state index < -0.39 is 0 Å². The molecule has 0 spiro atoms. The first-order chi connectivity index (χ1) is 9.24. The Morgan fingerprint density at radius 1 is 1.42 bits per heavy atom. The Kier molecular flexibility index (Phi) is 5.02. The largest absolute Gasteiger partial charge is 0.491 e. The maximum atomic E-state index is 13.8. The molecule has 1 N–H and O–H groups in total. The van der Waals surface area contributed by atoms with Crippen molar-refractivity contribution in [1.29, 1.82) is 0 Å². The second-order valence-corrected chi connectivity index (χ2v) is 4.93. The highest BCUT2D eigenvalue weighted by atomic mass is 19.1. The monoisotopic (exact) mass is 266 g/mol. The van der Waals surface area contributed by atoms with E-state index in [4.69, 9.17) is 4.74 Å². The van der Waals surface area contributed by atoms with E-state index in [1.54, 1.807) is 12.1 Å². The average Bonchev–Trinajstić information content (AvgIpc) is 2.88. The number of ether oxygens (including phenoxy) is 1. The van der Waals surface area contributed by atoms with Crippen molar-refractivity contribution >= 4 is 5.69 Å². The minimum Gasteiger partial charge on any atom is -0.491 e. The van der Waals surface area contributed by atoms with Crippen LogP contribution in [0.15, 0.2) is 18.2 Å². The quantitative estimate of drug-likeness (QED) is 0.857. The lowest BCUT2D eigenvalue weighted by Crippen LogP contribution is -2.32. The van der Waals surface area contributed by atoms with E-state index in [1.807, 2.05) is 13.0 Å². The molecular formula is C15H23FN2O. The highest BCUT2D eigenvalue weighted by Gasteiger charge is 2.22. The molecule has 1 aromatic rings. The Bertz CT molecular complexity index is 411. The van der Waals surface area contributed by atoms with Crippen LogP contribution in [0.5, 0.6) is 5.75 Å². The number of nitrogens with zero attached hydrogens (tertiary/aromatic N) is 1. The summed E-state index contributed by atoms with van der Waals surface area (Å²) in [6.07, 6.45) is 2.27. The molecule has 1 aliphatic heterocycles. The van der Waals surface area contributed by atoms with Crippen molar-refractivity contribution in [1.82, 2.24) is 5.32 Å². The molecular weight excluding hydrogens is 243 g/mol. The van der Waals surface area contributed by atoms with E-state index in [0.717, 1.165) is 38.2 Å². The van der Waals surface area contributed by atoms with E-state index >= 15 is 0 Å². The molecule has 1 atom stereocenters. The average molecular weight is 266 g/mol. The summed E-state index contributed by atoms with van der Waals surface area (Å²) in [5, 5.41) is 3.52. The van der Waals surface area contributed by atoms with Gasteiger partial charge in [-0.1, -0.05) is 6.92 Å². The molecule has 1 aromatic carbocycles. The molecule has 0 aliphatic carbocycles. The fourth-order valence-electron chi connectivity index (χ4n) is 2.47. The van der Waals surface area contributed by atoms with E-state index in [2.05, 4.69) is 17.1 Å². The topological polar surface area (TPSA) is 24.5 Å². The summed E-state index contributed by atoms with van der Waals surface area (Å²) in [7, 11) is 0. The normalized spacial score (nSPS) is 18.9. The van der Waals surface area contributed by atoms with Gasteiger partial charge in [-0.2, -0.15) is 0 Å². The molecule has 4 heteroatoms. The zero-order chi connectivity index (χ0) is 13.7. The Labute approximate surface area is 114 Å². The number of hydrogen-bond donors (Lipinski definition) is 1. The van der Waals surface area contributed by atoms with Gasteiger partial charge in [0, 0.05) is 30.9 Å². The van der Waals surface area contributed by atoms with Gasteiger partial charge in [0.1, 0.15) is 0 Å². The Morgan fingerprint density at radius 2 is 2.26 bits per heavy atom. The molecule has 0 bridgehead atoms. The minimum absolute atomic E-state index is 0.274. The van der Waals surface area contributed by atoms with Crippen LogP contribution in [-0.4, -0.2) is 32.3 Å². The van der Waals surface area contributed by atoms with E-state index in [1.165, 1.54) is 0 Å². The fourth-order valence-corrected chi connectivity index (χ4v) is 2.47. The second-order valence-electron chi connectivity index (χ2n) is 4.93. The molecule has 2 rings (SSSR count). The molecule has 1 aliphatic rings. The summed E-state index contributed by atoms with van der Waals surface area (Å²) >= 11 is 0. The van der Waals surface area contributed by atoms with Gasteiger partial charge in [-0.05, 0) is 38.4 Å². The molecule has 0 radical (unpaired) electrons. The van der Waals surface area contributed by atoms with Gasteiger partial charge in [-0.3, -0.25) is 0 Å². The molecule has 0 saturated carbocycles. The van der Waals surface area contributed by atoms with Gasteiger partial charge in [0.2, 0.25) is 0 Å². The van der Waals surface area contributed by atoms with Crippen molar-refractivity contribution in [3.63, 3.8) is 0 Å². The number of rotatable bonds is 6. The summed E-state index contributed by atoms with van der Waals surface area (Å²) in [4.78, 5) is 2.23. The number of benzene rings is 1. The van der Waals surface area contributed by atoms with Gasteiger partial charge in [-0.25, -0.2) is 4.39 Å². The third-order valence-electron chi connectivity index (χ3n) is 3.45. The third kappa shape index (κ3) is 3.60. The lowest BCUT2D eigenvalue weighted by atomic mass is 10.2. The smallest absolute Gasteiger partial charge is 0.167 e. The van der Waals surface area contributed by atoms with Crippen molar-refractivity contribution < 1.29 is 9.13 Å². The number of anilines is 1. The standard InChI is InChI=1S/C15H23FN2O/c1-3-8-17-12-7-9-18(11-12)13-5-6-15(19-4-2)14(16)10-13/h5-6,10,12,17H,3-4,7-9,11H2,1-2H3. The van der Waals surface area contributed by atoms with Crippen molar-refractivity contribution in [2.75, 3.05) is 31.1 Å². The maximum Gasteiger partial charge on any atom is 0.167 e. The number of hydrogen-bond acceptors (Lipinski definition) is 3. The van der Waals surface area contributed by atoms with Gasteiger partial charge < -0.3 is 15.0 Å². The van der Waals surface area contributed by atoms with Crippen LogP contribution in [0, 0.1) is 5.82 Å². The van der Waals surface area contributed by atoms with Crippen molar-refractivity contribution in [2.24, 2.45) is 0 Å². The molecule has 3 nitrogen and oxygen atoms in total. The summed E-state index contributed by atoms with van der Waals surface area (Å²) in [5.74, 6) is 0.0652. The van der Waals surface area contributed by atoms with Crippen LogP contribution in [0.4, 0.5) is 10.1 Å². The first kappa shape index (κ1) is 14.1. The summed E-state index contributed by atoms with van der Waals surface area (Å²) in [6, 6.07) is 5.76. The van der Waals surface area contributed by atoms with Crippen LogP contribution < -0.4 is 15.0 Å². The van der Waals surface area contributed by atoms with Crippen LogP contribution in [0.3, 0.4) is 0 Å². The SMILES string of the molecule is CCCNC1CCN(c2ccc(OCC)c(F)c2)C1. The van der Waals surface area contributed by atoms with E-state index in [0.29, 0.717) is 18.4 Å². The van der Waals surface area contributed by atoms with Crippen LogP contribution >= 0.6 is 0 Å². The summed E-state index contributed by atoms with van der Waals surface area (Å²) in [6.45, 7) is 7.50. The summed E-state index contributed by atoms with van der Waals surface area (Å²) in [5.41, 5.74) is 0.946. The van der Waals surface area contributed by atoms with Crippen molar-refractivity contribution in [3.8, 4) is 5.75 Å². The van der Waals surface area contributed by atoms with E-state index in [9.17, 15) is 4.39 Å². The lowest BCUT2D eigenvalue weighted by Gasteiger charge is -2.19. The van der Waals surface area contributed by atoms with Gasteiger partial charge in [0.15, 0.2) is 11.6 Å². The molecule has 1 unspecified atom stereocenters. The third-order valence-corrected chi connectivity index (χ3v) is 3.45. The van der Waals surface area contributed by atoms with Crippen LogP contribution in [0.2, 0.25) is 0 Å². The minimum atomic E-state index is -0.274. The molecule has 19 heavy (non-hydrogen) atoms. The predicted octanol–water partition coefficient (Wildman–Crippen LogP) is 2.80. The Hall–Kier alpha value is -1.29. The van der Waals surface area contributed by atoms with Gasteiger partial charge >= 0.3 is 0 Å². The molecule has 106 valence electrons. The van der Waals surface area contributed by atoms with Crippen molar-refractivity contribution in [3.05, 3.63) is 24.0 Å². The molecule has 1 heterocycles. The number of halogens is 1. The Balaban J connectivity index is 1.97. The van der Waals surface area contributed by atoms with Gasteiger partial charge in [0.05, 0.1) is 6.61 Å². The fraction of sp³-hybridized carbons (Fsp3) is 0.600. The van der Waals surface area contributed by atoms with Gasteiger partial charge in [-0.15, -0.1) is 0 Å². The Morgan fingerprint density at radius 3 is 2.95 bits per heavy atom. The highest BCUT2D eigenvalue weighted by molar-refractivity contribution is 5.50. The maximum absolute atomic E-state index is 13.8. The van der Waals surface area contributed by atoms with Crippen molar-refractivity contribution in [2.45, 2.75) is 32.7 Å². The van der Waals surface area contributed by atoms with Crippen LogP contribution in [-0.2, 0) is 0 Å².